The maximum Gasteiger partial charge on any atom is 0.183 e. The number of nitrogens with one attached hydrogen (secondary N) is 1. The molecule has 0 fully saturated rings. The number of nitrogens with two attached hydrogens (primary N) is 1. The van der Waals surface area contributed by atoms with Gasteiger partial charge in [-0.2, -0.15) is 0 Å². The molecule has 1 aromatic heterocycles. The average molecular weight is 235 g/mol. The lowest BCUT2D eigenvalue weighted by molar-refractivity contribution is 0.869. The second-order valence-corrected chi connectivity index (χ2v) is 5.15. The maximum atomic E-state index is 5.45. The molecule has 0 aliphatic heterocycles. The first-order valence-corrected chi connectivity index (χ1v) is 6.37. The first-order chi connectivity index (χ1) is 7.70. The van der Waals surface area contributed by atoms with Crippen LogP contribution in [0, 0.1) is 0 Å². The number of benzene rings is 1. The minimum absolute atomic E-state index is 0.562. The summed E-state index contributed by atoms with van der Waals surface area (Å²) < 4.78 is 1.24. The molecular formula is C12H17N3S. The van der Waals surface area contributed by atoms with Crippen LogP contribution in [0.1, 0.15) is 25.3 Å². The Hall–Kier alpha value is -1.13. The molecule has 0 bridgehead atoms. The summed E-state index contributed by atoms with van der Waals surface area (Å²) in [5.74, 6) is 0.562. The molecule has 3 nitrogen and oxygen atoms in total. The van der Waals surface area contributed by atoms with Gasteiger partial charge < -0.3 is 11.1 Å². The van der Waals surface area contributed by atoms with Crippen LogP contribution in [0.15, 0.2) is 18.2 Å². The van der Waals surface area contributed by atoms with Gasteiger partial charge >= 0.3 is 0 Å². The van der Waals surface area contributed by atoms with E-state index in [0.29, 0.717) is 12.5 Å². The third kappa shape index (κ3) is 2.33. The zero-order valence-electron chi connectivity index (χ0n) is 9.66. The smallest absolute Gasteiger partial charge is 0.183 e. The van der Waals surface area contributed by atoms with Gasteiger partial charge in [-0.25, -0.2) is 4.98 Å². The van der Waals surface area contributed by atoms with E-state index in [0.717, 1.165) is 17.2 Å². The molecular weight excluding hydrogens is 218 g/mol. The summed E-state index contributed by atoms with van der Waals surface area (Å²) in [5.41, 5.74) is 7.88. The number of nitrogens with zero attached hydrogens (tertiary/aromatic N) is 1. The highest BCUT2D eigenvalue weighted by Gasteiger charge is 2.05. The fraction of sp³-hybridized carbons (Fsp3) is 0.417. The first kappa shape index (κ1) is 11.4. The van der Waals surface area contributed by atoms with Crippen molar-refractivity contribution in [2.24, 2.45) is 5.73 Å². The quantitative estimate of drug-likeness (QED) is 0.856. The Morgan fingerprint density at radius 2 is 2.25 bits per heavy atom. The summed E-state index contributed by atoms with van der Waals surface area (Å²) in [4.78, 5) is 4.50. The number of rotatable bonds is 4. The molecule has 0 amide bonds. The van der Waals surface area contributed by atoms with Gasteiger partial charge in [0.05, 0.1) is 10.2 Å². The van der Waals surface area contributed by atoms with Crippen molar-refractivity contribution in [2.75, 3.05) is 18.4 Å². The van der Waals surface area contributed by atoms with Gasteiger partial charge in [0, 0.05) is 13.1 Å². The second-order valence-electron chi connectivity index (χ2n) is 4.12. The highest BCUT2D eigenvalue weighted by atomic mass is 32.1. The largest absolute Gasteiger partial charge is 0.360 e. The monoisotopic (exact) mass is 235 g/mol. The highest BCUT2D eigenvalue weighted by Crippen LogP contribution is 2.28. The standard InChI is InChI=1S/C12H17N3S/c1-8(2)9-3-4-10-11(7-9)16-12(15-10)14-6-5-13/h3-4,7-8H,5-6,13H2,1-2H3,(H,14,15). The highest BCUT2D eigenvalue weighted by molar-refractivity contribution is 7.22. The lowest BCUT2D eigenvalue weighted by atomic mass is 10.0. The van der Waals surface area contributed by atoms with Crippen molar-refractivity contribution in [1.82, 2.24) is 4.98 Å². The zero-order valence-corrected chi connectivity index (χ0v) is 10.5. The molecule has 0 aliphatic carbocycles. The third-order valence-corrected chi connectivity index (χ3v) is 3.48. The molecule has 4 heteroatoms. The molecule has 0 saturated carbocycles. The lowest BCUT2D eigenvalue weighted by Crippen LogP contribution is -2.12. The molecule has 3 N–H and O–H groups in total. The van der Waals surface area contributed by atoms with E-state index in [1.807, 2.05) is 0 Å². The first-order valence-electron chi connectivity index (χ1n) is 5.55. The predicted molar refractivity (Wildman–Crippen MR) is 71.3 cm³/mol. The fourth-order valence-corrected chi connectivity index (χ4v) is 2.49. The third-order valence-electron chi connectivity index (χ3n) is 2.50. The fourth-order valence-electron chi connectivity index (χ4n) is 1.56. The number of aromatic nitrogens is 1. The average Bonchev–Trinajstić information content (AvgIpc) is 2.67. The Kier molecular flexibility index (Phi) is 3.41. The molecule has 0 spiro atoms. The number of hydrogen-bond donors (Lipinski definition) is 2. The summed E-state index contributed by atoms with van der Waals surface area (Å²) in [6.07, 6.45) is 0. The maximum absolute atomic E-state index is 5.45. The Morgan fingerprint density at radius 3 is 2.94 bits per heavy atom. The summed E-state index contributed by atoms with van der Waals surface area (Å²) in [5, 5.41) is 4.17. The van der Waals surface area contributed by atoms with E-state index in [-0.39, 0.29) is 0 Å². The van der Waals surface area contributed by atoms with Crippen molar-refractivity contribution < 1.29 is 0 Å². The SMILES string of the molecule is CC(C)c1ccc2nc(NCCN)sc2c1. The van der Waals surface area contributed by atoms with Crippen LogP contribution >= 0.6 is 11.3 Å². The molecule has 0 radical (unpaired) electrons. The van der Waals surface area contributed by atoms with Crippen LogP contribution in [0.3, 0.4) is 0 Å². The van der Waals surface area contributed by atoms with Gasteiger partial charge in [0.25, 0.3) is 0 Å². The van der Waals surface area contributed by atoms with E-state index in [2.05, 4.69) is 42.3 Å². The molecule has 86 valence electrons. The Labute approximate surface area is 99.7 Å². The van der Waals surface area contributed by atoms with E-state index in [1.165, 1.54) is 10.3 Å². The Bertz CT molecular complexity index is 476. The normalized spacial score (nSPS) is 11.2. The van der Waals surface area contributed by atoms with E-state index in [9.17, 15) is 0 Å². The minimum Gasteiger partial charge on any atom is -0.360 e. The van der Waals surface area contributed by atoms with Crippen molar-refractivity contribution in [1.29, 1.82) is 0 Å². The van der Waals surface area contributed by atoms with E-state index in [1.54, 1.807) is 11.3 Å². The van der Waals surface area contributed by atoms with Crippen LogP contribution in [-0.2, 0) is 0 Å². The number of anilines is 1. The Balaban J connectivity index is 2.30. The van der Waals surface area contributed by atoms with Crippen LogP contribution < -0.4 is 11.1 Å². The Morgan fingerprint density at radius 1 is 1.44 bits per heavy atom. The molecule has 2 rings (SSSR count). The minimum atomic E-state index is 0.562. The van der Waals surface area contributed by atoms with Crippen LogP contribution in [-0.4, -0.2) is 18.1 Å². The van der Waals surface area contributed by atoms with Gasteiger partial charge in [-0.1, -0.05) is 31.3 Å². The van der Waals surface area contributed by atoms with Crippen LogP contribution in [0.5, 0.6) is 0 Å². The van der Waals surface area contributed by atoms with Gasteiger partial charge in [0.15, 0.2) is 5.13 Å². The van der Waals surface area contributed by atoms with Crippen molar-refractivity contribution in [3.63, 3.8) is 0 Å². The van der Waals surface area contributed by atoms with Crippen molar-refractivity contribution in [2.45, 2.75) is 19.8 Å². The van der Waals surface area contributed by atoms with E-state index < -0.39 is 0 Å². The van der Waals surface area contributed by atoms with Gasteiger partial charge in [0.2, 0.25) is 0 Å². The molecule has 1 heterocycles. The second kappa shape index (κ2) is 4.80. The van der Waals surface area contributed by atoms with E-state index in [4.69, 9.17) is 5.73 Å². The van der Waals surface area contributed by atoms with Gasteiger partial charge in [0.1, 0.15) is 0 Å². The topological polar surface area (TPSA) is 50.9 Å². The van der Waals surface area contributed by atoms with Gasteiger partial charge in [-0.3, -0.25) is 0 Å². The summed E-state index contributed by atoms with van der Waals surface area (Å²) in [6, 6.07) is 6.47. The molecule has 0 unspecified atom stereocenters. The summed E-state index contributed by atoms with van der Waals surface area (Å²) in [6.45, 7) is 5.82. The van der Waals surface area contributed by atoms with Crippen molar-refractivity contribution in [3.05, 3.63) is 23.8 Å². The molecule has 1 aromatic carbocycles. The zero-order chi connectivity index (χ0) is 11.5. The van der Waals surface area contributed by atoms with Crippen LogP contribution in [0.4, 0.5) is 5.13 Å². The van der Waals surface area contributed by atoms with Crippen LogP contribution in [0.2, 0.25) is 0 Å². The molecule has 2 aromatic rings. The molecule has 0 saturated heterocycles. The molecule has 0 aliphatic rings. The summed E-state index contributed by atoms with van der Waals surface area (Å²) in [7, 11) is 0. The number of fused-ring (bicyclic) bond motifs is 1. The van der Waals surface area contributed by atoms with Gasteiger partial charge in [-0.05, 0) is 23.6 Å². The number of thiazole rings is 1. The molecule has 16 heavy (non-hydrogen) atoms. The lowest BCUT2D eigenvalue weighted by Gasteiger charge is -2.03. The van der Waals surface area contributed by atoms with E-state index >= 15 is 0 Å². The summed E-state index contributed by atoms with van der Waals surface area (Å²) >= 11 is 1.69. The molecule has 0 atom stereocenters. The predicted octanol–water partition coefficient (Wildman–Crippen LogP) is 2.79. The van der Waals surface area contributed by atoms with Crippen LogP contribution in [0.25, 0.3) is 10.2 Å². The van der Waals surface area contributed by atoms with Crippen molar-refractivity contribution >= 4 is 26.7 Å². The van der Waals surface area contributed by atoms with Crippen molar-refractivity contribution in [3.8, 4) is 0 Å². The number of hydrogen-bond acceptors (Lipinski definition) is 4. The van der Waals surface area contributed by atoms with Gasteiger partial charge in [-0.15, -0.1) is 0 Å².